The Hall–Kier alpha value is -0.790. The molecule has 0 aromatic rings. The molecule has 1 rings (SSSR count). The summed E-state index contributed by atoms with van der Waals surface area (Å²) in [5.41, 5.74) is 0. The van der Waals surface area contributed by atoms with Gasteiger partial charge in [-0.2, -0.15) is 0 Å². The summed E-state index contributed by atoms with van der Waals surface area (Å²) >= 11 is 0. The molecule has 2 heteroatoms. The van der Waals surface area contributed by atoms with Crippen LogP contribution in [0.3, 0.4) is 0 Å². The predicted octanol–water partition coefficient (Wildman–Crippen LogP) is 5.56. The van der Waals surface area contributed by atoms with Crippen LogP contribution in [0.1, 0.15) is 89.9 Å². The van der Waals surface area contributed by atoms with Crippen molar-refractivity contribution in [3.8, 4) is 0 Å². The first-order valence-electron chi connectivity index (χ1n) is 8.73. The van der Waals surface area contributed by atoms with Gasteiger partial charge in [-0.3, -0.25) is 0 Å². The minimum absolute atomic E-state index is 0.164. The summed E-state index contributed by atoms with van der Waals surface area (Å²) in [4.78, 5) is 11.4. The molecule has 0 aromatic carbocycles. The first-order chi connectivity index (χ1) is 9.89. The first kappa shape index (κ1) is 17.3. The summed E-state index contributed by atoms with van der Waals surface area (Å²) in [6, 6.07) is 0. The van der Waals surface area contributed by atoms with E-state index < -0.39 is 0 Å². The van der Waals surface area contributed by atoms with Gasteiger partial charge in [0, 0.05) is 6.08 Å². The molecule has 0 unspecified atom stereocenters. The van der Waals surface area contributed by atoms with E-state index in [-0.39, 0.29) is 5.97 Å². The van der Waals surface area contributed by atoms with Crippen LogP contribution >= 0.6 is 0 Å². The van der Waals surface area contributed by atoms with E-state index in [0.717, 1.165) is 12.8 Å². The zero-order valence-electron chi connectivity index (χ0n) is 13.1. The molecule has 0 atom stereocenters. The highest BCUT2D eigenvalue weighted by atomic mass is 16.5. The maximum absolute atomic E-state index is 11.4. The van der Waals surface area contributed by atoms with Crippen molar-refractivity contribution >= 4 is 5.97 Å². The van der Waals surface area contributed by atoms with E-state index in [4.69, 9.17) is 4.74 Å². The van der Waals surface area contributed by atoms with E-state index in [1.807, 2.05) is 6.08 Å². The molecule has 0 amide bonds. The van der Waals surface area contributed by atoms with Crippen LogP contribution in [0.5, 0.6) is 0 Å². The zero-order chi connectivity index (χ0) is 14.3. The third kappa shape index (κ3) is 11.1. The van der Waals surface area contributed by atoms with E-state index in [2.05, 4.69) is 0 Å². The van der Waals surface area contributed by atoms with Crippen molar-refractivity contribution in [3.05, 3.63) is 12.2 Å². The number of ether oxygens (including phenoxy) is 1. The van der Waals surface area contributed by atoms with Gasteiger partial charge in [0.15, 0.2) is 0 Å². The van der Waals surface area contributed by atoms with Crippen molar-refractivity contribution in [2.24, 2.45) is 0 Å². The molecule has 0 spiro atoms. The van der Waals surface area contributed by atoms with Gasteiger partial charge < -0.3 is 4.74 Å². The summed E-state index contributed by atoms with van der Waals surface area (Å²) in [5.74, 6) is -0.164. The summed E-state index contributed by atoms with van der Waals surface area (Å²) < 4.78 is 5.18. The number of hydrogen-bond donors (Lipinski definition) is 0. The smallest absolute Gasteiger partial charge is 0.330 e. The summed E-state index contributed by atoms with van der Waals surface area (Å²) in [6.45, 7) is 0.586. The van der Waals surface area contributed by atoms with E-state index in [0.29, 0.717) is 6.61 Å². The van der Waals surface area contributed by atoms with Crippen LogP contribution in [0.25, 0.3) is 0 Å². The maximum atomic E-state index is 11.4. The second-order valence-corrected chi connectivity index (χ2v) is 5.95. The van der Waals surface area contributed by atoms with Crippen LogP contribution in [0, 0.1) is 0 Å². The SMILES string of the molecule is O=C1/C=C\CCCCCCCCCCCCCCCO1. The summed E-state index contributed by atoms with van der Waals surface area (Å²) in [6.07, 6.45) is 21.6. The molecule has 1 aliphatic rings. The van der Waals surface area contributed by atoms with Gasteiger partial charge in [0.2, 0.25) is 0 Å². The number of carbonyl (C=O) groups excluding carboxylic acids is 1. The topological polar surface area (TPSA) is 26.3 Å². The minimum Gasteiger partial charge on any atom is -0.463 e. The van der Waals surface area contributed by atoms with Crippen LogP contribution in [-0.2, 0) is 9.53 Å². The molecule has 0 fully saturated rings. The minimum atomic E-state index is -0.164. The Balaban J connectivity index is 2.16. The molecule has 2 nitrogen and oxygen atoms in total. The van der Waals surface area contributed by atoms with Gasteiger partial charge >= 0.3 is 5.97 Å². The van der Waals surface area contributed by atoms with Gasteiger partial charge in [0.05, 0.1) is 6.61 Å². The Labute approximate surface area is 125 Å². The standard InChI is InChI=1S/C18H32O2/c19-18-16-14-12-10-8-6-4-2-1-3-5-7-9-11-13-15-17-20-18/h14,16H,1-13,15,17H2/b16-14-. The van der Waals surface area contributed by atoms with Crippen molar-refractivity contribution in [3.63, 3.8) is 0 Å². The molecule has 0 N–H and O–H groups in total. The van der Waals surface area contributed by atoms with Crippen molar-refractivity contribution in [1.82, 2.24) is 0 Å². The monoisotopic (exact) mass is 280 g/mol. The molecule has 0 bridgehead atoms. The Bertz CT molecular complexity index is 258. The fourth-order valence-corrected chi connectivity index (χ4v) is 2.71. The Morgan fingerprint density at radius 3 is 1.65 bits per heavy atom. The predicted molar refractivity (Wildman–Crippen MR) is 84.7 cm³/mol. The molecule has 0 saturated heterocycles. The van der Waals surface area contributed by atoms with Crippen LogP contribution < -0.4 is 0 Å². The molecular weight excluding hydrogens is 248 g/mol. The number of rotatable bonds is 0. The van der Waals surface area contributed by atoms with Crippen LogP contribution in [0.4, 0.5) is 0 Å². The van der Waals surface area contributed by atoms with Gasteiger partial charge in [-0.15, -0.1) is 0 Å². The molecule has 1 heterocycles. The quantitative estimate of drug-likeness (QED) is 0.543. The van der Waals surface area contributed by atoms with E-state index in [1.54, 1.807) is 6.08 Å². The average molecular weight is 280 g/mol. The summed E-state index contributed by atoms with van der Waals surface area (Å²) in [5, 5.41) is 0. The molecule has 0 aliphatic carbocycles. The Kier molecular flexibility index (Phi) is 11.4. The highest BCUT2D eigenvalue weighted by Gasteiger charge is 1.98. The number of cyclic esters (lactones) is 1. The molecular formula is C18H32O2. The third-order valence-electron chi connectivity index (χ3n) is 4.01. The molecule has 1 aliphatic heterocycles. The highest BCUT2D eigenvalue weighted by Crippen LogP contribution is 2.13. The lowest BCUT2D eigenvalue weighted by Crippen LogP contribution is -2.02. The van der Waals surface area contributed by atoms with Crippen molar-refractivity contribution in [2.75, 3.05) is 6.61 Å². The fourth-order valence-electron chi connectivity index (χ4n) is 2.71. The van der Waals surface area contributed by atoms with Gasteiger partial charge in [0.25, 0.3) is 0 Å². The van der Waals surface area contributed by atoms with Crippen molar-refractivity contribution < 1.29 is 9.53 Å². The second-order valence-electron chi connectivity index (χ2n) is 5.95. The molecule has 0 aromatic heterocycles. The van der Waals surface area contributed by atoms with Gasteiger partial charge in [0.1, 0.15) is 0 Å². The first-order valence-corrected chi connectivity index (χ1v) is 8.73. The maximum Gasteiger partial charge on any atom is 0.330 e. The second kappa shape index (κ2) is 13.2. The normalized spacial score (nSPS) is 23.9. The number of allylic oxidation sites excluding steroid dienone is 1. The Morgan fingerprint density at radius 2 is 1.10 bits per heavy atom. The summed E-state index contributed by atoms with van der Waals surface area (Å²) in [7, 11) is 0. The number of esters is 1. The average Bonchev–Trinajstić information content (AvgIpc) is 2.45. The van der Waals surface area contributed by atoms with Crippen LogP contribution in [0.15, 0.2) is 12.2 Å². The van der Waals surface area contributed by atoms with Crippen LogP contribution in [-0.4, -0.2) is 12.6 Å². The number of carbonyl (C=O) groups is 1. The van der Waals surface area contributed by atoms with Crippen LogP contribution in [0.2, 0.25) is 0 Å². The Morgan fingerprint density at radius 1 is 0.650 bits per heavy atom. The van der Waals surface area contributed by atoms with Crippen molar-refractivity contribution in [2.45, 2.75) is 89.9 Å². The molecule has 0 radical (unpaired) electrons. The largest absolute Gasteiger partial charge is 0.463 e. The molecule has 116 valence electrons. The fraction of sp³-hybridized carbons (Fsp3) is 0.833. The lowest BCUT2D eigenvalue weighted by atomic mass is 10.0. The van der Waals surface area contributed by atoms with Gasteiger partial charge in [-0.05, 0) is 19.3 Å². The number of hydrogen-bond acceptors (Lipinski definition) is 2. The zero-order valence-corrected chi connectivity index (χ0v) is 13.1. The van der Waals surface area contributed by atoms with Crippen molar-refractivity contribution in [1.29, 1.82) is 0 Å². The molecule has 0 saturated carbocycles. The highest BCUT2D eigenvalue weighted by molar-refractivity contribution is 5.81. The molecule has 20 heavy (non-hydrogen) atoms. The van der Waals surface area contributed by atoms with Gasteiger partial charge in [-0.1, -0.05) is 76.7 Å². The van der Waals surface area contributed by atoms with E-state index in [9.17, 15) is 4.79 Å². The van der Waals surface area contributed by atoms with E-state index >= 15 is 0 Å². The third-order valence-corrected chi connectivity index (χ3v) is 4.01. The van der Waals surface area contributed by atoms with E-state index in [1.165, 1.54) is 77.0 Å². The lowest BCUT2D eigenvalue weighted by molar-refractivity contribution is -0.137. The van der Waals surface area contributed by atoms with Gasteiger partial charge in [-0.25, -0.2) is 4.79 Å². The lowest BCUT2D eigenvalue weighted by Gasteiger charge is -2.03.